The SMILES string of the molecule is CC(C)[C@H](N)C(=O)NCCOc1ncc(C(F)(F)F)cc1Cl. The molecule has 0 unspecified atom stereocenters. The molecule has 1 aromatic heterocycles. The number of carbonyl (C=O) groups excluding carboxylic acids is 1. The van der Waals surface area contributed by atoms with E-state index < -0.39 is 17.8 Å². The van der Waals surface area contributed by atoms with E-state index in [1.54, 1.807) is 0 Å². The van der Waals surface area contributed by atoms with Gasteiger partial charge in [0.2, 0.25) is 11.8 Å². The third-order valence-electron chi connectivity index (χ3n) is 2.80. The summed E-state index contributed by atoms with van der Waals surface area (Å²) in [5.41, 5.74) is 4.68. The molecule has 0 aromatic carbocycles. The first-order chi connectivity index (χ1) is 10.1. The molecule has 1 heterocycles. The molecule has 1 atom stereocenters. The molecule has 0 radical (unpaired) electrons. The Labute approximate surface area is 131 Å². The lowest BCUT2D eigenvalue weighted by Gasteiger charge is -2.15. The molecule has 3 N–H and O–H groups in total. The fourth-order valence-electron chi connectivity index (χ4n) is 1.43. The summed E-state index contributed by atoms with van der Waals surface area (Å²) in [6, 6.07) is 0.102. The number of rotatable bonds is 6. The van der Waals surface area contributed by atoms with Gasteiger partial charge in [0.15, 0.2) is 0 Å². The van der Waals surface area contributed by atoms with Crippen molar-refractivity contribution in [1.29, 1.82) is 0 Å². The molecule has 0 saturated carbocycles. The number of hydrogen-bond donors (Lipinski definition) is 2. The van der Waals surface area contributed by atoms with Crippen LogP contribution < -0.4 is 15.8 Å². The molecule has 0 bridgehead atoms. The van der Waals surface area contributed by atoms with Crippen LogP contribution in [0.4, 0.5) is 13.2 Å². The molecule has 0 fully saturated rings. The fourth-order valence-corrected chi connectivity index (χ4v) is 1.65. The van der Waals surface area contributed by atoms with Gasteiger partial charge in [0.1, 0.15) is 11.6 Å². The molecule has 0 saturated heterocycles. The van der Waals surface area contributed by atoms with Gasteiger partial charge in [-0.2, -0.15) is 13.2 Å². The van der Waals surface area contributed by atoms with Crippen molar-refractivity contribution in [3.05, 3.63) is 22.8 Å². The maximum atomic E-state index is 12.4. The highest BCUT2D eigenvalue weighted by atomic mass is 35.5. The van der Waals surface area contributed by atoms with Crippen molar-refractivity contribution in [2.45, 2.75) is 26.1 Å². The number of nitrogens with two attached hydrogens (primary N) is 1. The number of halogens is 4. The number of amides is 1. The zero-order chi connectivity index (χ0) is 16.9. The Balaban J connectivity index is 2.48. The highest BCUT2D eigenvalue weighted by Crippen LogP contribution is 2.32. The summed E-state index contributed by atoms with van der Waals surface area (Å²) in [5.74, 6) is -0.464. The average molecular weight is 340 g/mol. The molecule has 0 aliphatic heterocycles. The van der Waals surface area contributed by atoms with Crippen molar-refractivity contribution in [3.63, 3.8) is 0 Å². The predicted octanol–water partition coefficient (Wildman–Crippen LogP) is 2.23. The van der Waals surface area contributed by atoms with Crippen molar-refractivity contribution < 1.29 is 22.7 Å². The van der Waals surface area contributed by atoms with E-state index in [1.807, 2.05) is 13.8 Å². The van der Waals surface area contributed by atoms with E-state index in [9.17, 15) is 18.0 Å². The number of hydrogen-bond acceptors (Lipinski definition) is 4. The lowest BCUT2D eigenvalue weighted by atomic mass is 10.1. The Morgan fingerprint density at radius 1 is 1.50 bits per heavy atom. The molecule has 0 aliphatic rings. The van der Waals surface area contributed by atoms with Crippen LogP contribution in [0.3, 0.4) is 0 Å². The highest BCUT2D eigenvalue weighted by molar-refractivity contribution is 6.31. The van der Waals surface area contributed by atoms with E-state index >= 15 is 0 Å². The van der Waals surface area contributed by atoms with Gasteiger partial charge < -0.3 is 15.8 Å². The van der Waals surface area contributed by atoms with E-state index in [0.29, 0.717) is 6.20 Å². The average Bonchev–Trinajstić information content (AvgIpc) is 2.42. The first kappa shape index (κ1) is 18.5. The van der Waals surface area contributed by atoms with Gasteiger partial charge in [0.25, 0.3) is 0 Å². The molecular formula is C13H17ClF3N3O2. The van der Waals surface area contributed by atoms with Crippen molar-refractivity contribution in [1.82, 2.24) is 10.3 Å². The normalized spacial score (nSPS) is 13.1. The first-order valence-corrected chi connectivity index (χ1v) is 6.89. The minimum atomic E-state index is -4.52. The third-order valence-corrected chi connectivity index (χ3v) is 3.07. The van der Waals surface area contributed by atoms with Gasteiger partial charge in [-0.15, -0.1) is 0 Å². The van der Waals surface area contributed by atoms with Crippen LogP contribution in [0.2, 0.25) is 5.02 Å². The van der Waals surface area contributed by atoms with Gasteiger partial charge >= 0.3 is 6.18 Å². The van der Waals surface area contributed by atoms with Crippen molar-refractivity contribution in [2.75, 3.05) is 13.2 Å². The number of aromatic nitrogens is 1. The van der Waals surface area contributed by atoms with Gasteiger partial charge in [-0.25, -0.2) is 4.98 Å². The maximum Gasteiger partial charge on any atom is 0.417 e. The van der Waals surface area contributed by atoms with Crippen LogP contribution in [0.1, 0.15) is 19.4 Å². The van der Waals surface area contributed by atoms with Gasteiger partial charge in [0, 0.05) is 6.20 Å². The predicted molar refractivity (Wildman–Crippen MR) is 75.6 cm³/mol. The third kappa shape index (κ3) is 5.34. The maximum absolute atomic E-state index is 12.4. The van der Waals surface area contributed by atoms with Crippen LogP contribution in [0.5, 0.6) is 5.88 Å². The topological polar surface area (TPSA) is 77.2 Å². The van der Waals surface area contributed by atoms with Gasteiger partial charge in [-0.1, -0.05) is 25.4 Å². The molecule has 0 aliphatic carbocycles. The van der Waals surface area contributed by atoms with E-state index in [1.165, 1.54) is 0 Å². The van der Waals surface area contributed by atoms with Crippen LogP contribution in [-0.4, -0.2) is 30.1 Å². The van der Waals surface area contributed by atoms with E-state index in [4.69, 9.17) is 22.1 Å². The van der Waals surface area contributed by atoms with E-state index in [-0.39, 0.29) is 35.9 Å². The van der Waals surface area contributed by atoms with E-state index in [2.05, 4.69) is 10.3 Å². The molecule has 0 spiro atoms. The summed E-state index contributed by atoms with van der Waals surface area (Å²) in [5, 5.41) is 2.30. The molecule has 22 heavy (non-hydrogen) atoms. The monoisotopic (exact) mass is 339 g/mol. The summed E-state index contributed by atoms with van der Waals surface area (Å²) >= 11 is 5.67. The van der Waals surface area contributed by atoms with E-state index in [0.717, 1.165) is 6.07 Å². The molecule has 9 heteroatoms. The number of nitrogens with zero attached hydrogens (tertiary/aromatic N) is 1. The minimum absolute atomic E-state index is 0.00746. The first-order valence-electron chi connectivity index (χ1n) is 6.51. The molecule has 1 aromatic rings. The van der Waals surface area contributed by atoms with Crippen LogP contribution in [-0.2, 0) is 11.0 Å². The lowest BCUT2D eigenvalue weighted by molar-refractivity contribution is -0.137. The van der Waals surface area contributed by atoms with Crippen LogP contribution in [0.25, 0.3) is 0 Å². The molecular weight excluding hydrogens is 323 g/mol. The van der Waals surface area contributed by atoms with Crippen LogP contribution in [0, 0.1) is 5.92 Å². The highest BCUT2D eigenvalue weighted by Gasteiger charge is 2.31. The van der Waals surface area contributed by atoms with Crippen molar-refractivity contribution in [2.24, 2.45) is 11.7 Å². The summed E-state index contributed by atoms with van der Waals surface area (Å²) < 4.78 is 42.4. The molecule has 1 rings (SSSR count). The zero-order valence-electron chi connectivity index (χ0n) is 12.1. The van der Waals surface area contributed by atoms with Crippen molar-refractivity contribution >= 4 is 17.5 Å². The largest absolute Gasteiger partial charge is 0.475 e. The number of nitrogens with one attached hydrogen (secondary N) is 1. The minimum Gasteiger partial charge on any atom is -0.475 e. The quantitative estimate of drug-likeness (QED) is 0.779. The number of carbonyl (C=O) groups is 1. The van der Waals surface area contributed by atoms with Gasteiger partial charge in [-0.05, 0) is 12.0 Å². The molecule has 5 nitrogen and oxygen atoms in total. The Morgan fingerprint density at radius 2 is 2.14 bits per heavy atom. The second-order valence-electron chi connectivity index (χ2n) is 4.92. The Kier molecular flexibility index (Phi) is 6.43. The standard InChI is InChI=1S/C13H17ClF3N3O2/c1-7(2)10(18)11(21)19-3-4-22-12-9(14)5-8(6-20-12)13(15,16)17/h5-7,10H,3-4,18H2,1-2H3,(H,19,21)/t10-/m0/s1. The Bertz CT molecular complexity index is 524. The summed E-state index contributed by atoms with van der Waals surface area (Å²) in [6.45, 7) is 3.77. The number of pyridine rings is 1. The Hall–Kier alpha value is -1.54. The van der Waals surface area contributed by atoms with Crippen molar-refractivity contribution in [3.8, 4) is 5.88 Å². The second-order valence-corrected chi connectivity index (χ2v) is 5.33. The summed E-state index contributed by atoms with van der Waals surface area (Å²) in [7, 11) is 0. The lowest BCUT2D eigenvalue weighted by Crippen LogP contribution is -2.45. The second kappa shape index (κ2) is 7.64. The number of alkyl halides is 3. The van der Waals surface area contributed by atoms with Crippen LogP contribution in [0.15, 0.2) is 12.3 Å². The van der Waals surface area contributed by atoms with Crippen LogP contribution >= 0.6 is 11.6 Å². The smallest absolute Gasteiger partial charge is 0.417 e. The van der Waals surface area contributed by atoms with Gasteiger partial charge in [-0.3, -0.25) is 4.79 Å². The molecule has 1 amide bonds. The molecule has 124 valence electrons. The zero-order valence-corrected chi connectivity index (χ0v) is 12.8. The number of ether oxygens (including phenoxy) is 1. The fraction of sp³-hybridized carbons (Fsp3) is 0.538. The summed E-state index contributed by atoms with van der Waals surface area (Å²) in [4.78, 5) is 15.1. The summed E-state index contributed by atoms with van der Waals surface area (Å²) in [6.07, 6.45) is -3.88. The Morgan fingerprint density at radius 3 is 2.64 bits per heavy atom. The van der Waals surface area contributed by atoms with Gasteiger partial charge in [0.05, 0.1) is 18.2 Å².